The van der Waals surface area contributed by atoms with Crippen LogP contribution in [0.25, 0.3) is 0 Å². The maximum Gasteiger partial charge on any atom is 0.0624 e. The molecule has 0 bridgehead atoms. The van der Waals surface area contributed by atoms with Gasteiger partial charge in [-0.2, -0.15) is 0 Å². The Labute approximate surface area is 94.0 Å². The van der Waals surface area contributed by atoms with Crippen LogP contribution < -0.4 is 5.73 Å². The first-order chi connectivity index (χ1) is 7.03. The van der Waals surface area contributed by atoms with Crippen molar-refractivity contribution in [3.05, 3.63) is 0 Å². The quantitative estimate of drug-likeness (QED) is 0.753. The summed E-state index contributed by atoms with van der Waals surface area (Å²) in [6, 6.07) is 0.829. The smallest absolute Gasteiger partial charge is 0.0624 e. The predicted molar refractivity (Wildman–Crippen MR) is 63.9 cm³/mol. The number of hydrogen-bond acceptors (Lipinski definition) is 3. The molecule has 0 amide bonds. The minimum absolute atomic E-state index is 0.138. The summed E-state index contributed by atoms with van der Waals surface area (Å²) in [6.07, 6.45) is 1.19. The molecule has 0 saturated carbocycles. The number of nitrogens with zero attached hydrogens (tertiary/aromatic N) is 1. The second-order valence-corrected chi connectivity index (χ2v) is 5.10. The van der Waals surface area contributed by atoms with Gasteiger partial charge in [0.05, 0.1) is 13.2 Å². The number of hydrogen-bond donors (Lipinski definition) is 1. The molecule has 0 aromatic carbocycles. The normalized spacial score (nSPS) is 33.6. The van der Waals surface area contributed by atoms with Crippen molar-refractivity contribution >= 4 is 0 Å². The first-order valence-corrected chi connectivity index (χ1v) is 6.11. The Morgan fingerprint density at radius 1 is 1.53 bits per heavy atom. The fourth-order valence-corrected chi connectivity index (χ4v) is 2.19. The van der Waals surface area contributed by atoms with Crippen LogP contribution in [0.3, 0.4) is 0 Å². The third-order valence-electron chi connectivity index (χ3n) is 3.81. The first-order valence-electron chi connectivity index (χ1n) is 6.11. The summed E-state index contributed by atoms with van der Waals surface area (Å²) in [6.45, 7) is 12.7. The summed E-state index contributed by atoms with van der Waals surface area (Å²) in [5, 5.41) is 0. The zero-order valence-corrected chi connectivity index (χ0v) is 10.6. The van der Waals surface area contributed by atoms with E-state index in [1.165, 1.54) is 6.42 Å². The van der Waals surface area contributed by atoms with Crippen LogP contribution in [0, 0.1) is 5.41 Å². The highest BCUT2D eigenvalue weighted by Gasteiger charge is 2.39. The topological polar surface area (TPSA) is 38.5 Å². The monoisotopic (exact) mass is 214 g/mol. The highest BCUT2D eigenvalue weighted by Crippen LogP contribution is 2.28. The molecule has 0 radical (unpaired) electrons. The minimum atomic E-state index is 0.138. The average molecular weight is 214 g/mol. The van der Waals surface area contributed by atoms with Gasteiger partial charge in [-0.15, -0.1) is 0 Å². The van der Waals surface area contributed by atoms with Crippen molar-refractivity contribution in [1.82, 2.24) is 4.90 Å². The Morgan fingerprint density at radius 2 is 2.20 bits per heavy atom. The summed E-state index contributed by atoms with van der Waals surface area (Å²) >= 11 is 0. The lowest BCUT2D eigenvalue weighted by atomic mass is 9.85. The standard InChI is InChI=1S/C12H26N2O/c1-5-10(3)14(6-2)8-12(4)9-15-7-11(12)13/h10-11H,5-9,13H2,1-4H3. The van der Waals surface area contributed by atoms with Crippen LogP contribution in [-0.2, 0) is 4.74 Å². The zero-order chi connectivity index (χ0) is 11.5. The Balaban J connectivity index is 2.57. The Morgan fingerprint density at radius 3 is 2.60 bits per heavy atom. The van der Waals surface area contributed by atoms with Gasteiger partial charge in [0.15, 0.2) is 0 Å². The Bertz CT molecular complexity index is 198. The molecule has 0 aliphatic carbocycles. The van der Waals surface area contributed by atoms with Gasteiger partial charge < -0.3 is 15.4 Å². The third kappa shape index (κ3) is 2.92. The molecule has 1 heterocycles. The molecule has 3 nitrogen and oxygen atoms in total. The summed E-state index contributed by atoms with van der Waals surface area (Å²) in [5.74, 6) is 0. The molecule has 3 heteroatoms. The molecule has 15 heavy (non-hydrogen) atoms. The molecule has 1 aliphatic heterocycles. The van der Waals surface area contributed by atoms with Crippen LogP contribution in [0.2, 0.25) is 0 Å². The van der Waals surface area contributed by atoms with Gasteiger partial charge in [-0.05, 0) is 19.9 Å². The van der Waals surface area contributed by atoms with Gasteiger partial charge in [0, 0.05) is 24.0 Å². The maximum atomic E-state index is 6.11. The van der Waals surface area contributed by atoms with Gasteiger partial charge in [0.2, 0.25) is 0 Å². The van der Waals surface area contributed by atoms with E-state index in [0.29, 0.717) is 12.6 Å². The molecule has 0 spiro atoms. The fourth-order valence-electron chi connectivity index (χ4n) is 2.19. The van der Waals surface area contributed by atoms with E-state index in [0.717, 1.165) is 19.7 Å². The van der Waals surface area contributed by atoms with Gasteiger partial charge in [-0.1, -0.05) is 20.8 Å². The summed E-state index contributed by atoms with van der Waals surface area (Å²) < 4.78 is 5.48. The average Bonchev–Trinajstić information content (AvgIpc) is 2.55. The lowest BCUT2D eigenvalue weighted by Crippen LogP contribution is -2.49. The van der Waals surface area contributed by atoms with E-state index in [2.05, 4.69) is 32.6 Å². The highest BCUT2D eigenvalue weighted by atomic mass is 16.5. The molecule has 3 unspecified atom stereocenters. The number of nitrogens with two attached hydrogens (primary N) is 1. The van der Waals surface area contributed by atoms with Crippen molar-refractivity contribution in [3.63, 3.8) is 0 Å². The fraction of sp³-hybridized carbons (Fsp3) is 1.00. The van der Waals surface area contributed by atoms with E-state index in [9.17, 15) is 0 Å². The second-order valence-electron chi connectivity index (χ2n) is 5.10. The molecule has 0 aromatic heterocycles. The summed E-state index contributed by atoms with van der Waals surface area (Å²) in [5.41, 5.74) is 6.24. The van der Waals surface area contributed by atoms with Crippen LogP contribution in [-0.4, -0.2) is 43.3 Å². The predicted octanol–water partition coefficient (Wildman–Crippen LogP) is 1.47. The van der Waals surface area contributed by atoms with E-state index in [4.69, 9.17) is 10.5 Å². The molecular weight excluding hydrogens is 188 g/mol. The van der Waals surface area contributed by atoms with Crippen molar-refractivity contribution in [2.75, 3.05) is 26.3 Å². The largest absolute Gasteiger partial charge is 0.379 e. The molecule has 2 N–H and O–H groups in total. The lowest BCUT2D eigenvalue weighted by molar-refractivity contribution is 0.0999. The highest BCUT2D eigenvalue weighted by molar-refractivity contribution is 4.92. The van der Waals surface area contributed by atoms with Crippen molar-refractivity contribution in [3.8, 4) is 0 Å². The Kier molecular flexibility index (Phi) is 4.56. The molecule has 1 saturated heterocycles. The lowest BCUT2D eigenvalue weighted by Gasteiger charge is -2.36. The van der Waals surface area contributed by atoms with Crippen LogP contribution in [0.4, 0.5) is 0 Å². The number of ether oxygens (including phenoxy) is 1. The van der Waals surface area contributed by atoms with E-state index in [-0.39, 0.29) is 11.5 Å². The SMILES string of the molecule is CCC(C)N(CC)CC1(C)COCC1N. The zero-order valence-electron chi connectivity index (χ0n) is 10.6. The second kappa shape index (κ2) is 5.28. The van der Waals surface area contributed by atoms with Gasteiger partial charge in [-0.25, -0.2) is 0 Å². The summed E-state index contributed by atoms with van der Waals surface area (Å²) in [7, 11) is 0. The third-order valence-corrected chi connectivity index (χ3v) is 3.81. The van der Waals surface area contributed by atoms with Crippen LogP contribution in [0.1, 0.15) is 34.1 Å². The molecule has 1 aliphatic rings. The Hall–Kier alpha value is -0.120. The molecule has 1 fully saturated rings. The minimum Gasteiger partial charge on any atom is -0.379 e. The van der Waals surface area contributed by atoms with E-state index < -0.39 is 0 Å². The summed E-state index contributed by atoms with van der Waals surface area (Å²) in [4.78, 5) is 2.51. The molecule has 3 atom stereocenters. The van der Waals surface area contributed by atoms with Crippen molar-refractivity contribution in [1.29, 1.82) is 0 Å². The molecule has 90 valence electrons. The van der Waals surface area contributed by atoms with E-state index >= 15 is 0 Å². The molecule has 1 rings (SSSR count). The van der Waals surface area contributed by atoms with Gasteiger partial charge in [0.25, 0.3) is 0 Å². The van der Waals surface area contributed by atoms with Crippen molar-refractivity contribution in [2.45, 2.75) is 46.2 Å². The van der Waals surface area contributed by atoms with Crippen LogP contribution in [0.5, 0.6) is 0 Å². The maximum absolute atomic E-state index is 6.11. The van der Waals surface area contributed by atoms with Gasteiger partial charge >= 0.3 is 0 Å². The number of rotatable bonds is 5. The van der Waals surface area contributed by atoms with E-state index in [1.54, 1.807) is 0 Å². The van der Waals surface area contributed by atoms with Crippen molar-refractivity contribution in [2.24, 2.45) is 11.1 Å². The van der Waals surface area contributed by atoms with E-state index in [1.807, 2.05) is 0 Å². The first kappa shape index (κ1) is 12.9. The van der Waals surface area contributed by atoms with Crippen molar-refractivity contribution < 1.29 is 4.74 Å². The van der Waals surface area contributed by atoms with Gasteiger partial charge in [-0.3, -0.25) is 0 Å². The van der Waals surface area contributed by atoms with Gasteiger partial charge in [0.1, 0.15) is 0 Å². The molecular formula is C12H26N2O. The molecule has 0 aromatic rings. The van der Waals surface area contributed by atoms with Crippen LogP contribution >= 0.6 is 0 Å². The van der Waals surface area contributed by atoms with Crippen LogP contribution in [0.15, 0.2) is 0 Å².